The third-order valence-electron chi connectivity index (χ3n) is 5.80. The highest BCUT2D eigenvalue weighted by Gasteiger charge is 2.39. The Labute approximate surface area is 181 Å². The molecule has 2 N–H and O–H groups in total. The van der Waals surface area contributed by atoms with E-state index in [0.717, 1.165) is 48.0 Å². The van der Waals surface area contributed by atoms with Crippen LogP contribution >= 0.6 is 0 Å². The molecule has 0 aliphatic carbocycles. The summed E-state index contributed by atoms with van der Waals surface area (Å²) in [5.41, 5.74) is 2.44. The second-order valence-corrected chi connectivity index (χ2v) is 7.86. The third-order valence-corrected chi connectivity index (χ3v) is 5.80. The summed E-state index contributed by atoms with van der Waals surface area (Å²) in [4.78, 5) is 16.6. The van der Waals surface area contributed by atoms with Gasteiger partial charge < -0.3 is 25.0 Å². The molecule has 0 radical (unpaired) electrons. The van der Waals surface area contributed by atoms with Crippen LogP contribution in [0.25, 0.3) is 11.0 Å². The zero-order valence-electron chi connectivity index (χ0n) is 17.9. The molecule has 0 aromatic carbocycles. The molecule has 10 nitrogen and oxygen atoms in total. The van der Waals surface area contributed by atoms with Crippen molar-refractivity contribution >= 4 is 28.6 Å². The number of piperazine rings is 1. The Hall–Kier alpha value is -2.82. The number of aromatic nitrogens is 5. The summed E-state index contributed by atoms with van der Waals surface area (Å²) in [5, 5.41) is 11.7. The zero-order chi connectivity index (χ0) is 21.2. The van der Waals surface area contributed by atoms with Crippen molar-refractivity contribution in [1.29, 1.82) is 0 Å². The standard InChI is InChI=1S/C21H28N8O2/c1-3-31-9-8-29-19-18(16(27-29)13-30-2)25-21(28-12-14-10-15(28)11-23-14)26-20(19)24-17-6-4-5-7-22-17/h4-7,14-15,23H,3,8-13H2,1-2H3,(H,22,24,25,26)/t14-,15-/m0/s1. The predicted octanol–water partition coefficient (Wildman–Crippen LogP) is 1.70. The topological polar surface area (TPSA) is 102 Å². The summed E-state index contributed by atoms with van der Waals surface area (Å²) >= 11 is 0. The molecular formula is C21H28N8O2. The molecule has 2 saturated heterocycles. The molecule has 2 fully saturated rings. The Morgan fingerprint density at radius 3 is 2.94 bits per heavy atom. The lowest BCUT2D eigenvalue weighted by atomic mass is 10.2. The lowest BCUT2D eigenvalue weighted by Crippen LogP contribution is -2.44. The van der Waals surface area contributed by atoms with Gasteiger partial charge in [-0.05, 0) is 25.5 Å². The molecule has 31 heavy (non-hydrogen) atoms. The van der Waals surface area contributed by atoms with Crippen LogP contribution in [0.5, 0.6) is 0 Å². The first-order valence-corrected chi connectivity index (χ1v) is 10.8. The summed E-state index contributed by atoms with van der Waals surface area (Å²) < 4.78 is 12.9. The summed E-state index contributed by atoms with van der Waals surface area (Å²) in [6.07, 6.45) is 2.89. The molecule has 2 bridgehead atoms. The molecular weight excluding hydrogens is 396 g/mol. The van der Waals surface area contributed by atoms with E-state index in [4.69, 9.17) is 24.5 Å². The lowest BCUT2D eigenvalue weighted by molar-refractivity contribution is 0.136. The molecule has 5 rings (SSSR count). The molecule has 10 heteroatoms. The summed E-state index contributed by atoms with van der Waals surface area (Å²) in [6, 6.07) is 6.69. The van der Waals surface area contributed by atoms with Gasteiger partial charge in [0, 0.05) is 45.1 Å². The van der Waals surface area contributed by atoms with Gasteiger partial charge in [0.25, 0.3) is 0 Å². The third kappa shape index (κ3) is 3.93. The van der Waals surface area contributed by atoms with E-state index in [1.54, 1.807) is 13.3 Å². The smallest absolute Gasteiger partial charge is 0.228 e. The van der Waals surface area contributed by atoms with E-state index in [9.17, 15) is 0 Å². The van der Waals surface area contributed by atoms with Crippen molar-refractivity contribution in [2.75, 3.05) is 43.6 Å². The number of anilines is 3. The minimum Gasteiger partial charge on any atom is -0.380 e. The van der Waals surface area contributed by atoms with Crippen LogP contribution in [0.15, 0.2) is 24.4 Å². The first-order chi connectivity index (χ1) is 15.3. The Balaban J connectivity index is 1.61. The second-order valence-electron chi connectivity index (χ2n) is 7.86. The van der Waals surface area contributed by atoms with Crippen LogP contribution in [0.2, 0.25) is 0 Å². The van der Waals surface area contributed by atoms with Gasteiger partial charge in [-0.15, -0.1) is 0 Å². The summed E-state index contributed by atoms with van der Waals surface area (Å²) in [7, 11) is 1.67. The van der Waals surface area contributed by atoms with Crippen molar-refractivity contribution in [3.63, 3.8) is 0 Å². The maximum absolute atomic E-state index is 5.57. The molecule has 164 valence electrons. The van der Waals surface area contributed by atoms with Gasteiger partial charge in [0.1, 0.15) is 22.5 Å². The number of nitrogens with zero attached hydrogens (tertiary/aromatic N) is 6. The van der Waals surface area contributed by atoms with Gasteiger partial charge >= 0.3 is 0 Å². The molecule has 2 aliphatic rings. The van der Waals surface area contributed by atoms with Crippen molar-refractivity contribution in [2.45, 2.75) is 38.6 Å². The van der Waals surface area contributed by atoms with Gasteiger partial charge in [0.05, 0.1) is 19.8 Å². The lowest BCUT2D eigenvalue weighted by Gasteiger charge is -2.27. The van der Waals surface area contributed by atoms with Gasteiger partial charge in [-0.2, -0.15) is 10.1 Å². The first-order valence-electron chi connectivity index (χ1n) is 10.8. The number of methoxy groups -OCH3 is 1. The Bertz CT molecular complexity index is 1040. The van der Waals surface area contributed by atoms with E-state index in [-0.39, 0.29) is 0 Å². The molecule has 2 atom stereocenters. The largest absolute Gasteiger partial charge is 0.380 e. The second kappa shape index (κ2) is 8.74. The number of pyridine rings is 1. The van der Waals surface area contributed by atoms with Gasteiger partial charge in [-0.25, -0.2) is 9.97 Å². The van der Waals surface area contributed by atoms with E-state index >= 15 is 0 Å². The van der Waals surface area contributed by atoms with Crippen molar-refractivity contribution in [3.05, 3.63) is 30.1 Å². The molecule has 0 amide bonds. The maximum atomic E-state index is 5.57. The molecule has 3 aromatic heterocycles. The molecule has 3 aromatic rings. The zero-order valence-corrected chi connectivity index (χ0v) is 17.9. The average Bonchev–Trinajstić information content (AvgIpc) is 3.50. The number of ether oxygens (including phenoxy) is 2. The van der Waals surface area contributed by atoms with Crippen LogP contribution in [0.4, 0.5) is 17.6 Å². The quantitative estimate of drug-likeness (QED) is 0.497. The van der Waals surface area contributed by atoms with Crippen molar-refractivity contribution in [1.82, 2.24) is 30.0 Å². The summed E-state index contributed by atoms with van der Waals surface area (Å²) in [5.74, 6) is 2.14. The van der Waals surface area contributed by atoms with Gasteiger partial charge in [-0.1, -0.05) is 6.07 Å². The van der Waals surface area contributed by atoms with E-state index in [2.05, 4.69) is 20.5 Å². The molecule has 0 spiro atoms. The Morgan fingerprint density at radius 2 is 2.23 bits per heavy atom. The number of hydrogen-bond donors (Lipinski definition) is 2. The average molecular weight is 425 g/mol. The van der Waals surface area contributed by atoms with Crippen molar-refractivity contribution in [2.24, 2.45) is 0 Å². The Kier molecular flexibility index (Phi) is 5.66. The fourth-order valence-electron chi connectivity index (χ4n) is 4.40. The molecule has 0 unspecified atom stereocenters. The van der Waals surface area contributed by atoms with Crippen LogP contribution in [0.3, 0.4) is 0 Å². The van der Waals surface area contributed by atoms with E-state index in [1.165, 1.54) is 0 Å². The van der Waals surface area contributed by atoms with Gasteiger partial charge in [0.2, 0.25) is 5.95 Å². The van der Waals surface area contributed by atoms with E-state index in [0.29, 0.717) is 44.3 Å². The highest BCUT2D eigenvalue weighted by Crippen LogP contribution is 2.32. The van der Waals surface area contributed by atoms with Gasteiger partial charge in [0.15, 0.2) is 5.82 Å². The van der Waals surface area contributed by atoms with Crippen LogP contribution in [0, 0.1) is 0 Å². The van der Waals surface area contributed by atoms with E-state index in [1.807, 2.05) is 29.8 Å². The number of rotatable bonds is 9. The predicted molar refractivity (Wildman–Crippen MR) is 118 cm³/mol. The number of nitrogens with one attached hydrogen (secondary N) is 2. The normalized spacial score (nSPS) is 20.1. The van der Waals surface area contributed by atoms with Crippen molar-refractivity contribution in [3.8, 4) is 0 Å². The minimum absolute atomic E-state index is 0.380. The minimum atomic E-state index is 0.380. The highest BCUT2D eigenvalue weighted by molar-refractivity contribution is 5.90. The molecule has 2 aliphatic heterocycles. The van der Waals surface area contributed by atoms with Crippen molar-refractivity contribution < 1.29 is 9.47 Å². The Morgan fingerprint density at radius 1 is 1.29 bits per heavy atom. The monoisotopic (exact) mass is 424 g/mol. The molecule has 0 saturated carbocycles. The van der Waals surface area contributed by atoms with Crippen LogP contribution in [-0.4, -0.2) is 70.2 Å². The van der Waals surface area contributed by atoms with Gasteiger partial charge in [-0.3, -0.25) is 4.68 Å². The number of hydrogen-bond acceptors (Lipinski definition) is 9. The van der Waals surface area contributed by atoms with Crippen LogP contribution < -0.4 is 15.5 Å². The molecule has 5 heterocycles. The first kappa shape index (κ1) is 20.1. The fourth-order valence-corrected chi connectivity index (χ4v) is 4.40. The van der Waals surface area contributed by atoms with Crippen LogP contribution in [0.1, 0.15) is 19.0 Å². The summed E-state index contributed by atoms with van der Waals surface area (Å²) in [6.45, 7) is 6.07. The number of fused-ring (bicyclic) bond motifs is 3. The van der Waals surface area contributed by atoms with Crippen LogP contribution in [-0.2, 0) is 22.6 Å². The SMILES string of the molecule is CCOCCn1nc(COC)c2nc(N3C[C@@H]4C[C@H]3CN4)nc(Nc3ccccn3)c21. The maximum Gasteiger partial charge on any atom is 0.228 e. The van der Waals surface area contributed by atoms with E-state index < -0.39 is 0 Å². The highest BCUT2D eigenvalue weighted by atomic mass is 16.5. The fraction of sp³-hybridized carbons (Fsp3) is 0.524.